The Morgan fingerprint density at radius 1 is 0.459 bits per heavy atom. The van der Waals surface area contributed by atoms with E-state index < -0.39 is 81.8 Å². The first-order valence-corrected chi connectivity index (χ1v) is 38.9. The highest BCUT2D eigenvalue weighted by Crippen LogP contribution is 2.73. The van der Waals surface area contributed by atoms with Gasteiger partial charge in [-0.3, -0.25) is 28.8 Å². The van der Waals surface area contributed by atoms with Crippen molar-refractivity contribution in [1.29, 1.82) is 0 Å². The fourth-order valence-corrected chi connectivity index (χ4v) is 23.8. The van der Waals surface area contributed by atoms with E-state index in [0.717, 1.165) is 73.6 Å². The van der Waals surface area contributed by atoms with Gasteiger partial charge in [-0.1, -0.05) is 143 Å². The number of carbonyl (C=O) groups excluding carboxylic acids is 6. The van der Waals surface area contributed by atoms with E-state index >= 15 is 0 Å². The van der Waals surface area contributed by atoms with Crippen LogP contribution in [0.25, 0.3) is 0 Å². The molecule has 16 nitrogen and oxygen atoms in total. The second-order valence-corrected chi connectivity index (χ2v) is 34.2. The van der Waals surface area contributed by atoms with E-state index in [4.69, 9.17) is 18.9 Å². The lowest BCUT2D eigenvalue weighted by Gasteiger charge is -2.65. The second-order valence-electron chi connectivity index (χ2n) is 34.2. The van der Waals surface area contributed by atoms with E-state index in [1.807, 2.05) is 76.2 Å². The summed E-state index contributed by atoms with van der Waals surface area (Å²) >= 11 is 0. The molecular formula is C82H122N2O14. The Morgan fingerprint density at radius 2 is 0.776 bits per heavy atom. The molecule has 0 radical (unpaired) electrons. The zero-order valence-corrected chi connectivity index (χ0v) is 61.1. The van der Waals surface area contributed by atoms with Crippen LogP contribution in [0.5, 0.6) is 0 Å². The lowest BCUT2D eigenvalue weighted by Crippen LogP contribution is -2.64. The maximum atomic E-state index is 14.8. The van der Waals surface area contributed by atoms with Crippen molar-refractivity contribution in [3.05, 3.63) is 70.8 Å². The number of nitrogens with one attached hydrogen (secondary N) is 2. The van der Waals surface area contributed by atoms with Crippen LogP contribution in [0.4, 0.5) is 0 Å². The monoisotopic (exact) mass is 1360 g/mol. The van der Waals surface area contributed by atoms with Crippen molar-refractivity contribution in [2.45, 2.75) is 272 Å². The van der Waals surface area contributed by atoms with Crippen LogP contribution in [-0.4, -0.2) is 107 Å². The normalized spacial score (nSPS) is 39.9. The van der Waals surface area contributed by atoms with Crippen molar-refractivity contribution in [3.63, 3.8) is 0 Å². The lowest BCUT2D eigenvalue weighted by molar-refractivity contribution is -0.209. The zero-order valence-electron chi connectivity index (χ0n) is 61.1. The van der Waals surface area contributed by atoms with Crippen molar-refractivity contribution in [2.24, 2.45) is 105 Å². The first-order valence-electron chi connectivity index (χ1n) is 38.9. The number of rotatable bonds is 18. The van der Waals surface area contributed by atoms with Gasteiger partial charge in [0.2, 0.25) is 11.8 Å². The van der Waals surface area contributed by atoms with Crippen LogP contribution >= 0.6 is 0 Å². The van der Waals surface area contributed by atoms with Crippen molar-refractivity contribution >= 4 is 35.7 Å². The second kappa shape index (κ2) is 30.2. The minimum absolute atomic E-state index is 0.00580. The number of unbranched alkanes of at least 4 members (excludes halogenated alkanes) is 4. The molecule has 8 fully saturated rings. The number of carbonyl (C=O) groups is 6. The molecule has 8 aliphatic carbocycles. The molecule has 14 bridgehead atoms. The average Bonchev–Trinajstić information content (AvgIpc) is 1.30. The molecule has 544 valence electrons. The predicted octanol–water partition coefficient (Wildman–Crippen LogP) is 13.0. The third kappa shape index (κ3) is 13.4. The summed E-state index contributed by atoms with van der Waals surface area (Å²) in [6, 6.07) is 16.0. The molecule has 6 N–H and O–H groups in total. The molecule has 16 heteroatoms. The fraction of sp³-hybridized carbons (Fsp3) is 0.780. The van der Waals surface area contributed by atoms with E-state index in [-0.39, 0.29) is 146 Å². The first kappa shape index (κ1) is 74.3. The maximum absolute atomic E-state index is 14.8. The van der Waals surface area contributed by atoms with Crippen molar-refractivity contribution in [2.75, 3.05) is 26.4 Å². The molecule has 0 aromatic heterocycles. The van der Waals surface area contributed by atoms with Crippen molar-refractivity contribution < 1.29 is 68.1 Å². The molecule has 98 heavy (non-hydrogen) atoms. The molecule has 8 saturated carbocycles. The van der Waals surface area contributed by atoms with E-state index in [2.05, 4.69) is 52.2 Å². The smallest absolute Gasteiger partial charge is 0.321 e. The first-order chi connectivity index (χ1) is 46.8. The van der Waals surface area contributed by atoms with Gasteiger partial charge < -0.3 is 50.0 Å². The van der Waals surface area contributed by atoms with E-state index in [1.54, 1.807) is 0 Å². The van der Waals surface area contributed by atoms with Crippen LogP contribution in [-0.2, 0) is 71.6 Å². The Hall–Kier alpha value is -4.90. The minimum atomic E-state index is -1.27. The Morgan fingerprint density at radius 3 is 1.09 bits per heavy atom. The summed E-state index contributed by atoms with van der Waals surface area (Å²) in [6.45, 7) is 22.7. The number of aliphatic hydroxyl groups is 4. The SMILES string of the molecule is CCCCOC(=O)C(C(=O)OCCCC)[C@]12CC[C@@]3(C)C(C[C@@H](O)[C@H]4[C@@H]5CC[C@H]([C@H](C)CC(=O)NCc6ccc(cc6)[C@@]6(C(C(=O)OCCCC)C(=O)OCCCC)CC[C@@]7(C)C(C[C@@H](O)[C@H]8[C@@H]9CC[C@H]([C@@H](C)CC(=O)NCc%10ccc1cc%10)[C@@]9(C)[C@H](O)C[C@@H]87)C6)[C@@]5(C)[C@@H](O)C[C@@H]43)C2. The number of amides is 2. The van der Waals surface area contributed by atoms with Crippen LogP contribution in [0.1, 0.15) is 246 Å². The molecule has 2 aromatic rings. The van der Waals surface area contributed by atoms with Crippen LogP contribution in [0, 0.1) is 105 Å². The average molecular weight is 1360 g/mol. The van der Waals surface area contributed by atoms with Gasteiger partial charge in [0, 0.05) is 36.8 Å². The standard InChI is InChI=1S/C82H122N2O14/c1-11-15-35-95-73(91)71(74(92)96-36-16-12-2)81-33-31-77(7)55(45-81)41-63(85)69-59-29-27-57(79(59,9)65(87)43-61(69)77)50(6)40-68(90)84-48-52-21-25-54(26-22-52)82(72(75(93)97-37-17-13-3)76(94)98-38-18-14-4)34-32-78(8)56(46-82)42-64(86)70-60-30-28-58(80(60,10)66(88)44-62(70)78)49(5)39-67(89)83-47-51-19-23-53(81)24-20-51/h19-26,49-50,55-66,69-72,85-88H,11-18,27-48H2,1-10H3,(H,83,89)(H,84,90)/t49-,50+,55?,56?,57-,58-,59+,60+,61+,62+,63-,64-,65-,66+,69+,70+,77+,78+,79-,80-,81-,82+/m1/s1. The van der Waals surface area contributed by atoms with Gasteiger partial charge in [0.05, 0.1) is 50.8 Å². The van der Waals surface area contributed by atoms with Crippen molar-refractivity contribution in [1.82, 2.24) is 10.6 Å². The van der Waals surface area contributed by atoms with Gasteiger partial charge in [0.15, 0.2) is 11.8 Å². The van der Waals surface area contributed by atoms with Gasteiger partial charge in [0.1, 0.15) is 0 Å². The summed E-state index contributed by atoms with van der Waals surface area (Å²) in [5, 5.41) is 57.8. The van der Waals surface area contributed by atoms with Gasteiger partial charge in [0.25, 0.3) is 0 Å². The predicted molar refractivity (Wildman–Crippen MR) is 374 cm³/mol. The molecule has 0 spiro atoms. The highest BCUT2D eigenvalue weighted by molar-refractivity contribution is 5.98. The summed E-state index contributed by atoms with van der Waals surface area (Å²) in [5.74, 6) is -5.76. The van der Waals surface area contributed by atoms with Crippen LogP contribution in [0.2, 0.25) is 0 Å². The lowest BCUT2D eigenvalue weighted by atomic mass is 9.40. The largest absolute Gasteiger partial charge is 0.465 e. The highest BCUT2D eigenvalue weighted by Gasteiger charge is 2.70. The molecule has 7 aliphatic heterocycles. The van der Waals surface area contributed by atoms with E-state index in [9.17, 15) is 49.2 Å². The van der Waals surface area contributed by atoms with Crippen molar-refractivity contribution in [3.8, 4) is 0 Å². The maximum Gasteiger partial charge on any atom is 0.321 e. The molecule has 7 heterocycles. The Balaban J connectivity index is 0.935. The Labute approximate surface area is 585 Å². The number of fused-ring (bicyclic) bond motifs is 2. The van der Waals surface area contributed by atoms with Crippen LogP contribution in [0.15, 0.2) is 48.5 Å². The number of hydrogen-bond acceptors (Lipinski definition) is 14. The molecule has 2 aromatic carbocycles. The van der Waals surface area contributed by atoms with E-state index in [0.29, 0.717) is 89.9 Å². The van der Waals surface area contributed by atoms with Crippen LogP contribution in [0.3, 0.4) is 0 Å². The number of ether oxygens (including phenoxy) is 4. The third-order valence-corrected chi connectivity index (χ3v) is 29.4. The van der Waals surface area contributed by atoms with Gasteiger partial charge in [-0.05, 0) is 231 Å². The zero-order chi connectivity index (χ0) is 70.3. The summed E-state index contributed by atoms with van der Waals surface area (Å²) in [6.07, 6.45) is 11.8. The minimum Gasteiger partial charge on any atom is -0.465 e. The molecule has 15 aliphatic rings. The molecule has 2 unspecified atom stereocenters. The quantitative estimate of drug-likeness (QED) is 0.0352. The van der Waals surface area contributed by atoms with Gasteiger partial charge in [-0.25, -0.2) is 0 Å². The summed E-state index contributed by atoms with van der Waals surface area (Å²) in [5.41, 5.74) is -0.598. The summed E-state index contributed by atoms with van der Waals surface area (Å²) in [7, 11) is 0. The number of benzene rings is 2. The number of esters is 4. The van der Waals surface area contributed by atoms with E-state index in [1.165, 1.54) is 0 Å². The Kier molecular flexibility index (Phi) is 22.9. The molecular weight excluding hydrogens is 1240 g/mol. The summed E-state index contributed by atoms with van der Waals surface area (Å²) < 4.78 is 24.2. The molecule has 17 rings (SSSR count). The number of aliphatic hydroxyl groups excluding tert-OH is 4. The molecule has 22 atom stereocenters. The summed E-state index contributed by atoms with van der Waals surface area (Å²) in [4.78, 5) is 88.0. The Bertz CT molecular complexity index is 2890. The third-order valence-electron chi connectivity index (χ3n) is 29.4. The van der Waals surface area contributed by atoms with Gasteiger partial charge in [-0.2, -0.15) is 0 Å². The molecule has 2 amide bonds. The van der Waals surface area contributed by atoms with Gasteiger partial charge >= 0.3 is 23.9 Å². The topological polar surface area (TPSA) is 244 Å². The molecule has 0 saturated heterocycles. The highest BCUT2D eigenvalue weighted by atomic mass is 16.6. The van der Waals surface area contributed by atoms with Crippen LogP contribution < -0.4 is 10.6 Å². The van der Waals surface area contributed by atoms with Gasteiger partial charge in [-0.15, -0.1) is 0 Å². The fourth-order valence-electron chi connectivity index (χ4n) is 23.8. The number of hydrogen-bond donors (Lipinski definition) is 6.